The van der Waals surface area contributed by atoms with Crippen LogP contribution in [0, 0.1) is 16.7 Å². The number of hydrogen-bond donors (Lipinski definition) is 3. The van der Waals surface area contributed by atoms with Crippen LogP contribution in [0.3, 0.4) is 0 Å². The van der Waals surface area contributed by atoms with Crippen LogP contribution in [-0.2, 0) is 0 Å². The summed E-state index contributed by atoms with van der Waals surface area (Å²) in [5.41, 5.74) is 10.8. The largest absolute Gasteiger partial charge is 0.389 e. The maximum absolute atomic E-state index is 10.9. The van der Waals surface area contributed by atoms with Crippen molar-refractivity contribution in [3.05, 3.63) is 22.8 Å². The Morgan fingerprint density at radius 1 is 1.09 bits per heavy atom. The van der Waals surface area contributed by atoms with E-state index < -0.39 is 0 Å². The maximum Gasteiger partial charge on any atom is 0.0793 e. The molecule has 3 nitrogen and oxygen atoms in total. The summed E-state index contributed by atoms with van der Waals surface area (Å²) in [5, 5.41) is 20.9. The number of aliphatic hydroxyl groups excluding tert-OH is 2. The number of rotatable bonds is 0. The zero-order chi connectivity index (χ0) is 15.7. The normalized spacial score (nSPS) is 51.0. The molecular formula is C19H29NO2. The average molecular weight is 303 g/mol. The SMILES string of the molecule is C[C@]12CC[C@@H]3C(=C1CCC2N)C(O)CC1=CC(O)CC[C@@]13C. The van der Waals surface area contributed by atoms with Gasteiger partial charge in [-0.2, -0.15) is 0 Å². The van der Waals surface area contributed by atoms with E-state index in [2.05, 4.69) is 13.8 Å². The summed E-state index contributed by atoms with van der Waals surface area (Å²) in [5.74, 6) is 0.448. The van der Waals surface area contributed by atoms with Crippen molar-refractivity contribution in [3.8, 4) is 0 Å². The second-order valence-corrected chi connectivity index (χ2v) is 8.52. The Labute approximate surface area is 133 Å². The van der Waals surface area contributed by atoms with Crippen molar-refractivity contribution in [2.45, 2.75) is 77.0 Å². The van der Waals surface area contributed by atoms with Gasteiger partial charge in [0.2, 0.25) is 0 Å². The van der Waals surface area contributed by atoms with Crippen LogP contribution < -0.4 is 5.73 Å². The standard InChI is InChI=1S/C19H29NO2/c1-18-7-5-12(21)9-11(18)10-15(22)17-13-3-4-16(20)19(13,2)8-6-14(17)18/h9,12,14-16,21-22H,3-8,10,20H2,1-2H3/t12?,14-,15?,16?,18+,19+/m1/s1. The second kappa shape index (κ2) is 4.68. The zero-order valence-electron chi connectivity index (χ0n) is 13.8. The van der Waals surface area contributed by atoms with Crippen molar-refractivity contribution in [2.24, 2.45) is 22.5 Å². The summed E-state index contributed by atoms with van der Waals surface area (Å²) >= 11 is 0. The van der Waals surface area contributed by atoms with E-state index in [-0.39, 0.29) is 29.1 Å². The van der Waals surface area contributed by atoms with Crippen LogP contribution in [0.1, 0.15) is 58.8 Å². The molecule has 0 aromatic heterocycles. The molecule has 2 saturated carbocycles. The van der Waals surface area contributed by atoms with E-state index in [9.17, 15) is 10.2 Å². The van der Waals surface area contributed by atoms with Crippen LogP contribution in [0.4, 0.5) is 0 Å². The summed E-state index contributed by atoms with van der Waals surface area (Å²) in [6.45, 7) is 4.67. The molecule has 3 unspecified atom stereocenters. The molecule has 0 spiro atoms. The molecule has 0 radical (unpaired) electrons. The van der Waals surface area contributed by atoms with E-state index in [1.165, 1.54) is 16.7 Å². The molecule has 4 N–H and O–H groups in total. The number of aliphatic hydroxyl groups is 2. The highest BCUT2D eigenvalue weighted by atomic mass is 16.3. The molecule has 4 rings (SSSR count). The van der Waals surface area contributed by atoms with Gasteiger partial charge >= 0.3 is 0 Å². The lowest BCUT2D eigenvalue weighted by molar-refractivity contribution is 0.0648. The van der Waals surface area contributed by atoms with E-state index in [1.807, 2.05) is 6.08 Å². The van der Waals surface area contributed by atoms with Gasteiger partial charge in [-0.15, -0.1) is 0 Å². The van der Waals surface area contributed by atoms with Crippen LogP contribution >= 0.6 is 0 Å². The first-order valence-corrected chi connectivity index (χ1v) is 8.92. The third-order valence-corrected chi connectivity index (χ3v) is 7.52. The minimum absolute atomic E-state index is 0.110. The molecule has 6 atom stereocenters. The van der Waals surface area contributed by atoms with Crippen molar-refractivity contribution < 1.29 is 10.2 Å². The van der Waals surface area contributed by atoms with E-state index in [0.717, 1.165) is 38.5 Å². The van der Waals surface area contributed by atoms with E-state index >= 15 is 0 Å². The molecule has 0 heterocycles. The van der Waals surface area contributed by atoms with Gasteiger partial charge in [0.25, 0.3) is 0 Å². The van der Waals surface area contributed by atoms with E-state index in [1.54, 1.807) is 0 Å². The average Bonchev–Trinajstić information content (AvgIpc) is 2.77. The Kier molecular flexibility index (Phi) is 3.18. The topological polar surface area (TPSA) is 66.5 Å². The fourth-order valence-corrected chi connectivity index (χ4v) is 5.97. The maximum atomic E-state index is 10.9. The smallest absolute Gasteiger partial charge is 0.0793 e. The minimum Gasteiger partial charge on any atom is -0.389 e. The van der Waals surface area contributed by atoms with Crippen LogP contribution in [0.25, 0.3) is 0 Å². The lowest BCUT2D eigenvalue weighted by Crippen LogP contribution is -2.48. The zero-order valence-corrected chi connectivity index (χ0v) is 13.8. The van der Waals surface area contributed by atoms with Crippen LogP contribution in [0.15, 0.2) is 22.8 Å². The lowest BCUT2D eigenvalue weighted by Gasteiger charge is -2.54. The first kappa shape index (κ1) is 14.9. The van der Waals surface area contributed by atoms with Crippen LogP contribution in [0.2, 0.25) is 0 Å². The van der Waals surface area contributed by atoms with Crippen molar-refractivity contribution in [2.75, 3.05) is 0 Å². The van der Waals surface area contributed by atoms with Crippen molar-refractivity contribution >= 4 is 0 Å². The van der Waals surface area contributed by atoms with Crippen molar-refractivity contribution in [1.29, 1.82) is 0 Å². The summed E-state index contributed by atoms with van der Waals surface area (Å²) in [6, 6.07) is 0.251. The fourth-order valence-electron chi connectivity index (χ4n) is 5.97. The van der Waals surface area contributed by atoms with Gasteiger partial charge in [-0.25, -0.2) is 0 Å². The van der Waals surface area contributed by atoms with Gasteiger partial charge < -0.3 is 15.9 Å². The molecule has 0 aromatic rings. The third-order valence-electron chi connectivity index (χ3n) is 7.52. The molecule has 4 aliphatic carbocycles. The molecule has 4 aliphatic rings. The Balaban J connectivity index is 1.83. The molecule has 0 aromatic carbocycles. The Morgan fingerprint density at radius 2 is 1.82 bits per heavy atom. The van der Waals surface area contributed by atoms with Gasteiger partial charge in [-0.05, 0) is 61.9 Å². The molecule has 3 heteroatoms. The highest BCUT2D eigenvalue weighted by Gasteiger charge is 2.54. The predicted molar refractivity (Wildman–Crippen MR) is 87.1 cm³/mol. The number of fused-ring (bicyclic) bond motifs is 4. The molecule has 0 aliphatic heterocycles. The van der Waals surface area contributed by atoms with Gasteiger partial charge in [0.1, 0.15) is 0 Å². The molecule has 0 bridgehead atoms. The summed E-state index contributed by atoms with van der Waals surface area (Å²) in [4.78, 5) is 0. The monoisotopic (exact) mass is 303 g/mol. The van der Waals surface area contributed by atoms with Crippen molar-refractivity contribution in [1.82, 2.24) is 0 Å². The number of nitrogens with two attached hydrogens (primary N) is 1. The predicted octanol–water partition coefficient (Wildman–Crippen LogP) is 2.67. The van der Waals surface area contributed by atoms with Gasteiger partial charge in [-0.1, -0.05) is 31.1 Å². The van der Waals surface area contributed by atoms with Gasteiger partial charge in [0, 0.05) is 11.5 Å². The van der Waals surface area contributed by atoms with Crippen LogP contribution in [-0.4, -0.2) is 28.5 Å². The molecule has 0 amide bonds. The van der Waals surface area contributed by atoms with E-state index in [4.69, 9.17) is 5.73 Å². The molecule has 2 fully saturated rings. The fraction of sp³-hybridized carbons (Fsp3) is 0.789. The molecule has 22 heavy (non-hydrogen) atoms. The molecular weight excluding hydrogens is 274 g/mol. The minimum atomic E-state index is -0.366. The summed E-state index contributed by atoms with van der Waals surface area (Å²) in [7, 11) is 0. The van der Waals surface area contributed by atoms with Crippen molar-refractivity contribution in [3.63, 3.8) is 0 Å². The first-order chi connectivity index (χ1) is 10.4. The summed E-state index contributed by atoms with van der Waals surface area (Å²) in [6.07, 6.45) is 8.35. The first-order valence-electron chi connectivity index (χ1n) is 8.92. The highest BCUT2D eigenvalue weighted by Crippen LogP contribution is 2.62. The lowest BCUT2D eigenvalue weighted by atomic mass is 9.51. The Hall–Kier alpha value is -0.640. The molecule has 0 saturated heterocycles. The second-order valence-electron chi connectivity index (χ2n) is 8.52. The van der Waals surface area contributed by atoms with Gasteiger partial charge in [0.05, 0.1) is 12.2 Å². The van der Waals surface area contributed by atoms with E-state index in [0.29, 0.717) is 12.3 Å². The molecule has 122 valence electrons. The summed E-state index contributed by atoms with van der Waals surface area (Å²) < 4.78 is 0. The van der Waals surface area contributed by atoms with Gasteiger partial charge in [0.15, 0.2) is 0 Å². The Bertz CT molecular complexity index is 566. The third kappa shape index (κ3) is 1.79. The van der Waals surface area contributed by atoms with Crippen LogP contribution in [0.5, 0.6) is 0 Å². The highest BCUT2D eigenvalue weighted by molar-refractivity contribution is 5.42. The van der Waals surface area contributed by atoms with Gasteiger partial charge in [-0.3, -0.25) is 0 Å². The quantitative estimate of drug-likeness (QED) is 0.603. The Morgan fingerprint density at radius 3 is 2.59 bits per heavy atom. The number of hydrogen-bond acceptors (Lipinski definition) is 3.